The Kier molecular flexibility index (Phi) is 8.17. The minimum Gasteiger partial charge on any atom is -0.467 e. The summed E-state index contributed by atoms with van der Waals surface area (Å²) in [6, 6.07) is 15.1. The van der Waals surface area contributed by atoms with Crippen LogP contribution in [-0.2, 0) is 25.7 Å². The van der Waals surface area contributed by atoms with Crippen molar-refractivity contribution < 1.29 is 29.0 Å². The Morgan fingerprint density at radius 2 is 1.55 bits per heavy atom. The van der Waals surface area contributed by atoms with Crippen molar-refractivity contribution >= 4 is 18.0 Å². The molecule has 0 radical (unpaired) electrons. The lowest BCUT2D eigenvalue weighted by Crippen LogP contribution is -2.52. The number of alkyl carbamates (subject to hydrolysis) is 1. The molecule has 3 atom stereocenters. The Hall–Kier alpha value is -3.39. The van der Waals surface area contributed by atoms with Crippen molar-refractivity contribution in [3.8, 4) is 0 Å². The van der Waals surface area contributed by atoms with Gasteiger partial charge in [0, 0.05) is 0 Å². The molecule has 0 aliphatic heterocycles. The molecule has 2 aromatic carbocycles. The molecule has 8 heteroatoms. The maximum Gasteiger partial charge on any atom is 0.408 e. The highest BCUT2D eigenvalue weighted by Crippen LogP contribution is 2.17. The number of hydrogen-bond donors (Lipinski definition) is 3. The summed E-state index contributed by atoms with van der Waals surface area (Å²) in [6.45, 7) is 1.49. The minimum atomic E-state index is -1.33. The van der Waals surface area contributed by atoms with Crippen LogP contribution in [-0.4, -0.2) is 42.3 Å². The van der Waals surface area contributed by atoms with E-state index in [2.05, 4.69) is 15.4 Å². The SMILES string of the molecule is COC(=O)[C@@H](NC(=O)[C@H](C)NC(=O)OCc1ccccc1)[C@H](O)c1ccccc1. The summed E-state index contributed by atoms with van der Waals surface area (Å²) in [5, 5.41) is 15.3. The summed E-state index contributed by atoms with van der Waals surface area (Å²) in [5.74, 6) is -1.49. The van der Waals surface area contributed by atoms with Gasteiger partial charge < -0.3 is 25.2 Å². The third kappa shape index (κ3) is 6.62. The first-order valence-corrected chi connectivity index (χ1v) is 9.00. The van der Waals surface area contributed by atoms with E-state index in [4.69, 9.17) is 4.74 Å². The lowest BCUT2D eigenvalue weighted by molar-refractivity contribution is -0.148. The van der Waals surface area contributed by atoms with E-state index in [9.17, 15) is 19.5 Å². The molecule has 0 spiro atoms. The van der Waals surface area contributed by atoms with Crippen LogP contribution < -0.4 is 10.6 Å². The Labute approximate surface area is 168 Å². The molecule has 29 heavy (non-hydrogen) atoms. The number of nitrogens with one attached hydrogen (secondary N) is 2. The molecule has 0 bridgehead atoms. The zero-order valence-corrected chi connectivity index (χ0v) is 16.2. The first kappa shape index (κ1) is 21.9. The Balaban J connectivity index is 1.93. The van der Waals surface area contributed by atoms with Gasteiger partial charge in [-0.25, -0.2) is 9.59 Å². The van der Waals surface area contributed by atoms with E-state index in [1.54, 1.807) is 42.5 Å². The largest absolute Gasteiger partial charge is 0.467 e. The Morgan fingerprint density at radius 1 is 0.966 bits per heavy atom. The predicted molar refractivity (Wildman–Crippen MR) is 105 cm³/mol. The van der Waals surface area contributed by atoms with Crippen LogP contribution in [0.15, 0.2) is 60.7 Å². The van der Waals surface area contributed by atoms with Crippen LogP contribution in [0.5, 0.6) is 0 Å². The molecule has 0 aliphatic rings. The Morgan fingerprint density at radius 3 is 2.14 bits per heavy atom. The number of ether oxygens (including phenoxy) is 2. The third-order valence-corrected chi connectivity index (χ3v) is 4.15. The molecular formula is C21H24N2O6. The second-order valence-corrected chi connectivity index (χ2v) is 6.29. The van der Waals surface area contributed by atoms with Crippen LogP contribution in [0, 0.1) is 0 Å². The van der Waals surface area contributed by atoms with Crippen molar-refractivity contribution in [3.63, 3.8) is 0 Å². The van der Waals surface area contributed by atoms with E-state index in [-0.39, 0.29) is 6.61 Å². The van der Waals surface area contributed by atoms with Crippen molar-refractivity contribution in [2.24, 2.45) is 0 Å². The lowest BCUT2D eigenvalue weighted by Gasteiger charge is -2.24. The number of methoxy groups -OCH3 is 1. The molecular weight excluding hydrogens is 376 g/mol. The number of carbonyl (C=O) groups is 3. The Bertz CT molecular complexity index is 812. The maximum absolute atomic E-state index is 12.4. The van der Waals surface area contributed by atoms with Gasteiger partial charge in [0.2, 0.25) is 5.91 Å². The number of rotatable bonds is 8. The summed E-state index contributed by atoms with van der Waals surface area (Å²) < 4.78 is 9.75. The summed E-state index contributed by atoms with van der Waals surface area (Å²) in [6.07, 6.45) is -2.10. The molecule has 0 saturated carbocycles. The van der Waals surface area contributed by atoms with Gasteiger partial charge in [0.25, 0.3) is 0 Å². The van der Waals surface area contributed by atoms with Crippen molar-refractivity contribution in [2.45, 2.75) is 31.7 Å². The zero-order valence-electron chi connectivity index (χ0n) is 16.2. The second-order valence-electron chi connectivity index (χ2n) is 6.29. The number of aliphatic hydroxyl groups excluding tert-OH is 1. The molecule has 2 aromatic rings. The molecule has 0 unspecified atom stereocenters. The van der Waals surface area contributed by atoms with Crippen molar-refractivity contribution in [1.29, 1.82) is 0 Å². The van der Waals surface area contributed by atoms with Gasteiger partial charge in [-0.3, -0.25) is 4.79 Å². The van der Waals surface area contributed by atoms with Gasteiger partial charge in [0.1, 0.15) is 18.8 Å². The fraction of sp³-hybridized carbons (Fsp3) is 0.286. The topological polar surface area (TPSA) is 114 Å². The minimum absolute atomic E-state index is 0.0541. The van der Waals surface area contributed by atoms with E-state index in [1.807, 2.05) is 18.2 Å². The molecule has 0 fully saturated rings. The van der Waals surface area contributed by atoms with Gasteiger partial charge in [-0.2, -0.15) is 0 Å². The number of benzene rings is 2. The van der Waals surface area contributed by atoms with Crippen LogP contribution >= 0.6 is 0 Å². The molecule has 154 valence electrons. The van der Waals surface area contributed by atoms with E-state index >= 15 is 0 Å². The van der Waals surface area contributed by atoms with E-state index in [0.29, 0.717) is 5.56 Å². The summed E-state index contributed by atoms with van der Waals surface area (Å²) in [7, 11) is 1.15. The zero-order chi connectivity index (χ0) is 21.2. The molecule has 8 nitrogen and oxygen atoms in total. The first-order valence-electron chi connectivity index (χ1n) is 9.00. The fourth-order valence-corrected chi connectivity index (χ4v) is 2.52. The monoisotopic (exact) mass is 400 g/mol. The molecule has 2 amide bonds. The number of carbonyl (C=O) groups excluding carboxylic acids is 3. The average molecular weight is 400 g/mol. The number of aliphatic hydroxyl groups is 1. The number of amides is 2. The maximum atomic E-state index is 12.4. The molecule has 0 aliphatic carbocycles. The number of esters is 1. The third-order valence-electron chi connectivity index (χ3n) is 4.15. The molecule has 0 saturated heterocycles. The highest BCUT2D eigenvalue weighted by Gasteiger charge is 2.32. The van der Waals surface area contributed by atoms with Crippen molar-refractivity contribution in [2.75, 3.05) is 7.11 Å². The van der Waals surface area contributed by atoms with Crippen LogP contribution in [0.2, 0.25) is 0 Å². The van der Waals surface area contributed by atoms with Crippen LogP contribution in [0.4, 0.5) is 4.79 Å². The van der Waals surface area contributed by atoms with Crippen molar-refractivity contribution in [3.05, 3.63) is 71.8 Å². The lowest BCUT2D eigenvalue weighted by atomic mass is 10.0. The van der Waals surface area contributed by atoms with E-state index in [0.717, 1.165) is 12.7 Å². The van der Waals surface area contributed by atoms with Crippen LogP contribution in [0.1, 0.15) is 24.2 Å². The highest BCUT2D eigenvalue weighted by molar-refractivity contribution is 5.89. The average Bonchev–Trinajstić information content (AvgIpc) is 2.76. The summed E-state index contributed by atoms with van der Waals surface area (Å²) in [5.41, 5.74) is 1.24. The highest BCUT2D eigenvalue weighted by atomic mass is 16.5. The van der Waals surface area contributed by atoms with Crippen LogP contribution in [0.3, 0.4) is 0 Å². The summed E-state index contributed by atoms with van der Waals surface area (Å²) >= 11 is 0. The molecule has 0 heterocycles. The van der Waals surface area contributed by atoms with Gasteiger partial charge >= 0.3 is 12.1 Å². The molecule has 2 rings (SSSR count). The normalized spacial score (nSPS) is 13.5. The quantitative estimate of drug-likeness (QED) is 0.581. The van der Waals surface area contributed by atoms with E-state index in [1.165, 1.54) is 6.92 Å². The van der Waals surface area contributed by atoms with E-state index < -0.39 is 36.2 Å². The van der Waals surface area contributed by atoms with Gasteiger partial charge in [0.05, 0.1) is 7.11 Å². The van der Waals surface area contributed by atoms with Gasteiger partial charge in [0.15, 0.2) is 6.04 Å². The molecule has 0 aromatic heterocycles. The molecule has 3 N–H and O–H groups in total. The first-order chi connectivity index (χ1) is 13.9. The predicted octanol–water partition coefficient (Wildman–Crippen LogP) is 1.69. The summed E-state index contributed by atoms with van der Waals surface area (Å²) in [4.78, 5) is 36.4. The standard InChI is InChI=1S/C21H24N2O6/c1-14(22-21(27)29-13-15-9-5-3-6-10-15)19(25)23-17(20(26)28-2)18(24)16-11-7-4-8-12-16/h3-12,14,17-18,24H,13H2,1-2H3,(H,22,27)(H,23,25)/t14-,17-,18+/m0/s1. The fourth-order valence-electron chi connectivity index (χ4n) is 2.52. The van der Waals surface area contributed by atoms with Crippen LogP contribution in [0.25, 0.3) is 0 Å². The van der Waals surface area contributed by atoms with Gasteiger partial charge in [-0.15, -0.1) is 0 Å². The van der Waals surface area contributed by atoms with Gasteiger partial charge in [-0.05, 0) is 18.1 Å². The van der Waals surface area contributed by atoms with Gasteiger partial charge in [-0.1, -0.05) is 60.7 Å². The second kappa shape index (κ2) is 10.8. The number of hydrogen-bond acceptors (Lipinski definition) is 6. The smallest absolute Gasteiger partial charge is 0.408 e. The van der Waals surface area contributed by atoms with Crippen molar-refractivity contribution in [1.82, 2.24) is 10.6 Å².